The average molecular weight is 417 g/mol. The highest BCUT2D eigenvalue weighted by Crippen LogP contribution is 2.20. The maximum atomic E-state index is 13.4. The number of sulfonamides is 1. The Morgan fingerprint density at radius 2 is 1.74 bits per heavy atom. The Morgan fingerprint density at radius 1 is 1.00 bits per heavy atom. The quantitative estimate of drug-likeness (QED) is 0.726. The number of halogens is 3. The molecule has 0 unspecified atom stereocenters. The number of benzene rings is 2. The predicted octanol–water partition coefficient (Wildman–Crippen LogP) is 3.00. The van der Waals surface area contributed by atoms with Gasteiger partial charge in [-0.3, -0.25) is 4.90 Å². The third kappa shape index (κ3) is 4.95. The number of piperazine rings is 1. The van der Waals surface area contributed by atoms with Gasteiger partial charge in [0.05, 0.1) is 4.90 Å². The van der Waals surface area contributed by atoms with Crippen molar-refractivity contribution < 1.29 is 21.9 Å². The molecule has 2 aromatic carbocycles. The summed E-state index contributed by atoms with van der Waals surface area (Å²) in [6.07, 6.45) is 0. The molecule has 0 aromatic heterocycles. The van der Waals surface area contributed by atoms with E-state index in [0.717, 1.165) is 18.2 Å². The summed E-state index contributed by atoms with van der Waals surface area (Å²) in [6.45, 7) is 2.71. The van der Waals surface area contributed by atoms with E-state index in [2.05, 4.69) is 4.90 Å². The van der Waals surface area contributed by atoms with Gasteiger partial charge in [-0.05, 0) is 36.4 Å². The molecule has 1 fully saturated rings. The summed E-state index contributed by atoms with van der Waals surface area (Å²) in [5, 5.41) is 0.601. The summed E-state index contributed by atoms with van der Waals surface area (Å²) in [4.78, 5) is 1.85. The van der Waals surface area contributed by atoms with Crippen LogP contribution in [0.3, 0.4) is 0 Å². The Kier molecular flexibility index (Phi) is 6.31. The molecule has 1 aliphatic rings. The molecule has 0 amide bonds. The average Bonchev–Trinajstić information content (AvgIpc) is 2.64. The van der Waals surface area contributed by atoms with Crippen molar-refractivity contribution in [2.24, 2.45) is 0 Å². The van der Waals surface area contributed by atoms with Crippen molar-refractivity contribution in [2.45, 2.75) is 4.90 Å². The van der Waals surface area contributed by atoms with Crippen LogP contribution in [-0.4, -0.2) is 57.0 Å². The van der Waals surface area contributed by atoms with Crippen LogP contribution < -0.4 is 4.74 Å². The van der Waals surface area contributed by atoms with Gasteiger partial charge in [0.2, 0.25) is 10.0 Å². The maximum Gasteiger partial charge on any atom is 0.243 e. The van der Waals surface area contributed by atoms with Crippen LogP contribution in [0, 0.1) is 11.6 Å². The number of rotatable bonds is 6. The standard InChI is InChI=1S/C18H19ClF2N2O3S/c19-14-2-1-3-15(12-14)26-11-10-22-6-8-23(9-7-22)27(24,25)16-4-5-17(20)18(21)13-16/h1-5,12-13H,6-11H2. The van der Waals surface area contributed by atoms with Crippen LogP contribution in [0.4, 0.5) is 8.78 Å². The molecule has 2 aromatic rings. The highest BCUT2D eigenvalue weighted by molar-refractivity contribution is 7.89. The number of hydrogen-bond acceptors (Lipinski definition) is 4. The van der Waals surface area contributed by atoms with Gasteiger partial charge in [-0.15, -0.1) is 0 Å². The zero-order valence-corrected chi connectivity index (χ0v) is 16.0. The Bertz CT molecular complexity index is 903. The second-order valence-electron chi connectivity index (χ2n) is 6.13. The van der Waals surface area contributed by atoms with E-state index >= 15 is 0 Å². The summed E-state index contributed by atoms with van der Waals surface area (Å²) in [5.74, 6) is -1.56. The van der Waals surface area contributed by atoms with Gasteiger partial charge < -0.3 is 4.74 Å². The van der Waals surface area contributed by atoms with E-state index in [-0.39, 0.29) is 18.0 Å². The van der Waals surface area contributed by atoms with E-state index in [9.17, 15) is 17.2 Å². The van der Waals surface area contributed by atoms with Gasteiger partial charge in [0, 0.05) is 37.7 Å². The minimum atomic E-state index is -3.84. The number of hydrogen-bond donors (Lipinski definition) is 0. The molecule has 1 aliphatic heterocycles. The van der Waals surface area contributed by atoms with Crippen LogP contribution >= 0.6 is 11.6 Å². The minimum absolute atomic E-state index is 0.237. The second kappa shape index (κ2) is 8.52. The molecule has 0 N–H and O–H groups in total. The smallest absolute Gasteiger partial charge is 0.243 e. The lowest BCUT2D eigenvalue weighted by atomic mass is 10.3. The Balaban J connectivity index is 1.51. The van der Waals surface area contributed by atoms with Crippen LogP contribution in [0.25, 0.3) is 0 Å². The predicted molar refractivity (Wildman–Crippen MR) is 98.5 cm³/mol. The molecule has 0 spiro atoms. The van der Waals surface area contributed by atoms with Crippen molar-refractivity contribution in [2.75, 3.05) is 39.3 Å². The van der Waals surface area contributed by atoms with E-state index in [0.29, 0.717) is 37.0 Å². The van der Waals surface area contributed by atoms with Gasteiger partial charge in [-0.25, -0.2) is 17.2 Å². The fraction of sp³-hybridized carbons (Fsp3) is 0.333. The molecule has 0 radical (unpaired) electrons. The highest BCUT2D eigenvalue weighted by atomic mass is 35.5. The summed E-state index contributed by atoms with van der Waals surface area (Å²) >= 11 is 5.90. The second-order valence-corrected chi connectivity index (χ2v) is 8.50. The van der Waals surface area contributed by atoms with E-state index < -0.39 is 21.7 Å². The first-order valence-electron chi connectivity index (χ1n) is 8.42. The highest BCUT2D eigenvalue weighted by Gasteiger charge is 2.29. The fourth-order valence-corrected chi connectivity index (χ4v) is 4.44. The molecule has 146 valence electrons. The van der Waals surface area contributed by atoms with Crippen molar-refractivity contribution in [3.63, 3.8) is 0 Å². The molecule has 0 atom stereocenters. The van der Waals surface area contributed by atoms with Crippen LogP contribution in [-0.2, 0) is 10.0 Å². The van der Waals surface area contributed by atoms with Crippen LogP contribution in [0.5, 0.6) is 5.75 Å². The third-order valence-corrected chi connectivity index (χ3v) is 6.46. The lowest BCUT2D eigenvalue weighted by Crippen LogP contribution is -2.49. The molecule has 9 heteroatoms. The zero-order valence-electron chi connectivity index (χ0n) is 14.4. The SMILES string of the molecule is O=S(=O)(c1ccc(F)c(F)c1)N1CCN(CCOc2cccc(Cl)c2)CC1. The van der Waals surface area contributed by atoms with Gasteiger partial charge in [0.15, 0.2) is 11.6 Å². The normalized spacial score (nSPS) is 16.4. The van der Waals surface area contributed by atoms with E-state index in [1.807, 2.05) is 6.07 Å². The van der Waals surface area contributed by atoms with Crippen molar-refractivity contribution in [3.05, 3.63) is 59.1 Å². The van der Waals surface area contributed by atoms with E-state index in [1.165, 1.54) is 4.31 Å². The third-order valence-electron chi connectivity index (χ3n) is 4.33. The van der Waals surface area contributed by atoms with Crippen molar-refractivity contribution in [3.8, 4) is 5.75 Å². The molecular weight excluding hydrogens is 398 g/mol. The van der Waals surface area contributed by atoms with Crippen molar-refractivity contribution in [1.82, 2.24) is 9.21 Å². The molecule has 0 bridgehead atoms. The molecule has 27 heavy (non-hydrogen) atoms. The zero-order chi connectivity index (χ0) is 19.4. The summed E-state index contributed by atoms with van der Waals surface area (Å²) in [6, 6.07) is 9.74. The molecule has 0 saturated carbocycles. The van der Waals surface area contributed by atoms with Crippen molar-refractivity contribution in [1.29, 1.82) is 0 Å². The Hall–Kier alpha value is -1.74. The first kappa shape index (κ1) is 20.0. The molecular formula is C18H19ClF2N2O3S. The van der Waals surface area contributed by atoms with Gasteiger partial charge in [0.1, 0.15) is 12.4 Å². The molecule has 3 rings (SSSR count). The summed E-state index contributed by atoms with van der Waals surface area (Å²) in [7, 11) is -3.84. The molecule has 5 nitrogen and oxygen atoms in total. The Labute approximate surface area is 162 Å². The first-order valence-corrected chi connectivity index (χ1v) is 10.2. The first-order chi connectivity index (χ1) is 12.9. The lowest BCUT2D eigenvalue weighted by molar-refractivity contribution is 0.159. The minimum Gasteiger partial charge on any atom is -0.492 e. The van der Waals surface area contributed by atoms with Gasteiger partial charge in [0.25, 0.3) is 0 Å². The van der Waals surface area contributed by atoms with Gasteiger partial charge in [-0.2, -0.15) is 4.31 Å². The van der Waals surface area contributed by atoms with Crippen LogP contribution in [0.15, 0.2) is 47.4 Å². The molecule has 1 heterocycles. The maximum absolute atomic E-state index is 13.4. The topological polar surface area (TPSA) is 49.9 Å². The van der Waals surface area contributed by atoms with E-state index in [4.69, 9.17) is 16.3 Å². The summed E-state index contributed by atoms with van der Waals surface area (Å²) in [5.41, 5.74) is 0. The lowest BCUT2D eigenvalue weighted by Gasteiger charge is -2.33. The van der Waals surface area contributed by atoms with Gasteiger partial charge in [-0.1, -0.05) is 17.7 Å². The number of ether oxygens (including phenoxy) is 1. The number of nitrogens with zero attached hydrogens (tertiary/aromatic N) is 2. The largest absolute Gasteiger partial charge is 0.492 e. The monoisotopic (exact) mass is 416 g/mol. The van der Waals surface area contributed by atoms with Crippen molar-refractivity contribution >= 4 is 21.6 Å². The van der Waals surface area contributed by atoms with Gasteiger partial charge >= 0.3 is 0 Å². The van der Waals surface area contributed by atoms with Crippen LogP contribution in [0.2, 0.25) is 5.02 Å². The summed E-state index contributed by atoms with van der Waals surface area (Å²) < 4.78 is 58.5. The Morgan fingerprint density at radius 3 is 2.41 bits per heavy atom. The molecule has 0 aliphatic carbocycles. The van der Waals surface area contributed by atoms with E-state index in [1.54, 1.807) is 18.2 Å². The molecule has 1 saturated heterocycles. The fourth-order valence-electron chi connectivity index (χ4n) is 2.83. The van der Waals surface area contributed by atoms with Crippen LogP contribution in [0.1, 0.15) is 0 Å².